The monoisotopic (exact) mass is 298 g/mol. The maximum absolute atomic E-state index is 12.2. The van der Waals surface area contributed by atoms with Crippen molar-refractivity contribution in [3.05, 3.63) is 44.9 Å². The molecule has 1 aromatic rings. The van der Waals surface area contributed by atoms with Gasteiger partial charge in [-0.25, -0.2) is 0 Å². The van der Waals surface area contributed by atoms with Crippen LogP contribution in [0.1, 0.15) is 36.0 Å². The summed E-state index contributed by atoms with van der Waals surface area (Å²) in [7, 11) is 0. The average molecular weight is 300 g/mol. The fourth-order valence-corrected chi connectivity index (χ4v) is 2.45. The fraction of sp³-hybridized carbons (Fsp3) is 0.308. The Hall–Kier alpha value is -0.600. The summed E-state index contributed by atoms with van der Waals surface area (Å²) < 4.78 is 0.886. The van der Waals surface area contributed by atoms with E-state index in [9.17, 15) is 4.79 Å². The molecule has 0 spiro atoms. The van der Waals surface area contributed by atoms with E-state index in [2.05, 4.69) is 15.9 Å². The maximum Gasteiger partial charge on any atom is 0.190 e. The van der Waals surface area contributed by atoms with Crippen molar-refractivity contribution in [1.29, 1.82) is 0 Å². The van der Waals surface area contributed by atoms with Gasteiger partial charge in [0.05, 0.1) is 5.02 Å². The Bertz CT molecular complexity index is 451. The summed E-state index contributed by atoms with van der Waals surface area (Å²) in [5.74, 6) is 0.0750. The van der Waals surface area contributed by atoms with E-state index in [1.165, 1.54) is 6.42 Å². The third-order valence-electron chi connectivity index (χ3n) is 2.76. The van der Waals surface area contributed by atoms with Crippen LogP contribution in [0.25, 0.3) is 0 Å². The maximum atomic E-state index is 12.2. The van der Waals surface area contributed by atoms with Crippen LogP contribution in [0.5, 0.6) is 0 Å². The van der Waals surface area contributed by atoms with Gasteiger partial charge in [0.15, 0.2) is 5.78 Å². The predicted octanol–water partition coefficient (Wildman–Crippen LogP) is 4.79. The van der Waals surface area contributed by atoms with Crippen LogP contribution in [-0.4, -0.2) is 5.78 Å². The van der Waals surface area contributed by atoms with Crippen molar-refractivity contribution in [2.24, 2.45) is 0 Å². The van der Waals surface area contributed by atoms with Gasteiger partial charge in [0.1, 0.15) is 0 Å². The van der Waals surface area contributed by atoms with Gasteiger partial charge in [0.25, 0.3) is 0 Å². The van der Waals surface area contributed by atoms with E-state index in [1.807, 2.05) is 12.1 Å². The minimum Gasteiger partial charge on any atom is -0.289 e. The lowest BCUT2D eigenvalue weighted by atomic mass is 9.93. The second-order valence-corrected chi connectivity index (χ2v) is 5.25. The summed E-state index contributed by atoms with van der Waals surface area (Å²) in [5, 5.41) is 0.527. The number of Topliss-reactive ketones (excluding diaryl/α,β-unsaturated/α-hetero) is 1. The zero-order valence-electron chi connectivity index (χ0n) is 8.80. The molecule has 0 saturated heterocycles. The molecule has 0 fully saturated rings. The first kappa shape index (κ1) is 11.9. The van der Waals surface area contributed by atoms with E-state index in [0.29, 0.717) is 10.6 Å². The van der Waals surface area contributed by atoms with Crippen molar-refractivity contribution in [3.8, 4) is 0 Å². The number of allylic oxidation sites excluding steroid dienone is 2. The summed E-state index contributed by atoms with van der Waals surface area (Å²) in [4.78, 5) is 12.2. The highest BCUT2D eigenvalue weighted by Gasteiger charge is 2.17. The highest BCUT2D eigenvalue weighted by atomic mass is 79.9. The summed E-state index contributed by atoms with van der Waals surface area (Å²) in [6.07, 6.45) is 6.21. The van der Waals surface area contributed by atoms with Crippen LogP contribution >= 0.6 is 27.5 Å². The van der Waals surface area contributed by atoms with Gasteiger partial charge in [-0.1, -0.05) is 33.6 Å². The van der Waals surface area contributed by atoms with Crippen LogP contribution in [0.4, 0.5) is 0 Å². The molecule has 16 heavy (non-hydrogen) atoms. The van der Waals surface area contributed by atoms with E-state index in [4.69, 9.17) is 11.6 Å². The van der Waals surface area contributed by atoms with Crippen LogP contribution in [0.15, 0.2) is 34.3 Å². The van der Waals surface area contributed by atoms with E-state index in [-0.39, 0.29) is 5.78 Å². The number of carbonyl (C=O) groups excluding carboxylic acids is 1. The molecule has 84 valence electrons. The Morgan fingerprint density at radius 2 is 2.12 bits per heavy atom. The van der Waals surface area contributed by atoms with E-state index in [0.717, 1.165) is 29.3 Å². The zero-order valence-corrected chi connectivity index (χ0v) is 11.1. The lowest BCUT2D eigenvalue weighted by Crippen LogP contribution is -2.07. The van der Waals surface area contributed by atoms with Gasteiger partial charge in [0.2, 0.25) is 0 Å². The van der Waals surface area contributed by atoms with Crippen molar-refractivity contribution in [2.75, 3.05) is 0 Å². The molecule has 0 atom stereocenters. The number of halogens is 2. The van der Waals surface area contributed by atoms with Crippen LogP contribution in [0, 0.1) is 0 Å². The topological polar surface area (TPSA) is 17.1 Å². The Morgan fingerprint density at radius 1 is 1.31 bits per heavy atom. The van der Waals surface area contributed by atoms with Crippen molar-refractivity contribution in [1.82, 2.24) is 0 Å². The third-order valence-corrected chi connectivity index (χ3v) is 3.58. The summed E-state index contributed by atoms with van der Waals surface area (Å²) in [6, 6.07) is 5.39. The van der Waals surface area contributed by atoms with Gasteiger partial charge in [0, 0.05) is 10.0 Å². The van der Waals surface area contributed by atoms with Gasteiger partial charge >= 0.3 is 0 Å². The molecular weight excluding hydrogens is 287 g/mol. The second kappa shape index (κ2) is 5.15. The van der Waals surface area contributed by atoms with Crippen molar-refractivity contribution < 1.29 is 4.79 Å². The quantitative estimate of drug-likeness (QED) is 0.718. The highest BCUT2D eigenvalue weighted by molar-refractivity contribution is 9.10. The van der Waals surface area contributed by atoms with Gasteiger partial charge < -0.3 is 0 Å². The Kier molecular flexibility index (Phi) is 3.82. The molecule has 0 bridgehead atoms. The molecular formula is C13H12BrClO. The van der Waals surface area contributed by atoms with Gasteiger partial charge in [-0.2, -0.15) is 0 Å². The van der Waals surface area contributed by atoms with Crippen LogP contribution in [0.2, 0.25) is 5.02 Å². The Labute approximate surface area is 109 Å². The predicted molar refractivity (Wildman–Crippen MR) is 70.0 cm³/mol. The molecule has 0 unspecified atom stereocenters. The van der Waals surface area contributed by atoms with Crippen molar-refractivity contribution >= 4 is 33.3 Å². The molecule has 1 nitrogen and oxygen atoms in total. The summed E-state index contributed by atoms with van der Waals surface area (Å²) in [5.41, 5.74) is 1.51. The van der Waals surface area contributed by atoms with Gasteiger partial charge in [-0.15, -0.1) is 0 Å². The molecule has 1 aromatic carbocycles. The average Bonchev–Trinajstić information content (AvgIpc) is 2.32. The standard InChI is InChI=1S/C13H12BrClO/c14-10-6-7-12(15)11(8-10)13(16)9-4-2-1-3-5-9/h4,6-8H,1-3,5H2. The van der Waals surface area contributed by atoms with Gasteiger partial charge in [-0.3, -0.25) is 4.79 Å². The summed E-state index contributed by atoms with van der Waals surface area (Å²) in [6.45, 7) is 0. The van der Waals surface area contributed by atoms with Gasteiger partial charge in [-0.05, 0) is 49.5 Å². The second-order valence-electron chi connectivity index (χ2n) is 3.93. The molecule has 0 aliphatic heterocycles. The molecule has 0 amide bonds. The normalized spacial score (nSPS) is 15.8. The minimum absolute atomic E-state index is 0.0750. The molecule has 0 saturated carbocycles. The molecule has 0 radical (unpaired) electrons. The Balaban J connectivity index is 2.33. The zero-order chi connectivity index (χ0) is 11.5. The molecule has 0 aromatic heterocycles. The smallest absolute Gasteiger partial charge is 0.190 e. The number of rotatable bonds is 2. The summed E-state index contributed by atoms with van der Waals surface area (Å²) >= 11 is 9.40. The first-order valence-electron chi connectivity index (χ1n) is 5.37. The molecule has 2 rings (SSSR count). The van der Waals surface area contributed by atoms with Crippen molar-refractivity contribution in [2.45, 2.75) is 25.7 Å². The fourth-order valence-electron chi connectivity index (χ4n) is 1.89. The first-order chi connectivity index (χ1) is 7.68. The molecule has 1 aliphatic carbocycles. The largest absolute Gasteiger partial charge is 0.289 e. The minimum atomic E-state index is 0.0750. The third kappa shape index (κ3) is 2.55. The van der Waals surface area contributed by atoms with E-state index in [1.54, 1.807) is 12.1 Å². The van der Waals surface area contributed by atoms with E-state index < -0.39 is 0 Å². The number of hydrogen-bond acceptors (Lipinski definition) is 1. The number of carbonyl (C=O) groups is 1. The van der Waals surface area contributed by atoms with Crippen molar-refractivity contribution in [3.63, 3.8) is 0 Å². The first-order valence-corrected chi connectivity index (χ1v) is 6.54. The number of ketones is 1. The molecule has 3 heteroatoms. The van der Waals surface area contributed by atoms with Crippen LogP contribution in [-0.2, 0) is 0 Å². The Morgan fingerprint density at radius 3 is 2.81 bits per heavy atom. The van der Waals surface area contributed by atoms with Crippen LogP contribution in [0.3, 0.4) is 0 Å². The molecule has 1 aliphatic rings. The highest BCUT2D eigenvalue weighted by Crippen LogP contribution is 2.27. The van der Waals surface area contributed by atoms with E-state index >= 15 is 0 Å². The lowest BCUT2D eigenvalue weighted by Gasteiger charge is -2.12. The number of benzene rings is 1. The lowest BCUT2D eigenvalue weighted by molar-refractivity contribution is 0.102. The number of hydrogen-bond donors (Lipinski definition) is 0. The van der Waals surface area contributed by atoms with Crippen LogP contribution < -0.4 is 0 Å². The SMILES string of the molecule is O=C(C1=CCCCC1)c1cc(Br)ccc1Cl. The molecule has 0 N–H and O–H groups in total. The molecule has 0 heterocycles.